The highest BCUT2D eigenvalue weighted by Crippen LogP contribution is 2.38. The maximum absolute atomic E-state index is 13.1. The van der Waals surface area contributed by atoms with Crippen LogP contribution in [0.4, 0.5) is 4.79 Å². The zero-order chi connectivity index (χ0) is 26.2. The first-order valence-corrected chi connectivity index (χ1v) is 12.0. The lowest BCUT2D eigenvalue weighted by molar-refractivity contribution is -0.148. The van der Waals surface area contributed by atoms with E-state index in [9.17, 15) is 19.5 Å². The minimum atomic E-state index is -1.55. The van der Waals surface area contributed by atoms with E-state index in [1.54, 1.807) is 20.8 Å². The third kappa shape index (κ3) is 9.16. The number of carboxylic acid groups (broad SMARTS) is 1. The molecule has 0 bridgehead atoms. The summed E-state index contributed by atoms with van der Waals surface area (Å²) in [5.74, 6) is -2.18. The third-order valence-corrected chi connectivity index (χ3v) is 6.32. The molecule has 2 amide bonds. The molecule has 1 fully saturated rings. The van der Waals surface area contributed by atoms with Crippen molar-refractivity contribution in [2.75, 3.05) is 6.54 Å². The molecule has 2 rings (SSSR count). The lowest BCUT2D eigenvalue weighted by atomic mass is 9.66. The van der Waals surface area contributed by atoms with Crippen molar-refractivity contribution in [2.45, 2.75) is 76.4 Å². The van der Waals surface area contributed by atoms with E-state index in [4.69, 9.17) is 20.5 Å². The Morgan fingerprint density at radius 1 is 1.20 bits per heavy atom. The monoisotopic (exact) mass is 491 g/mol. The van der Waals surface area contributed by atoms with Crippen molar-refractivity contribution in [1.29, 1.82) is 0 Å². The summed E-state index contributed by atoms with van der Waals surface area (Å²) in [7, 11) is -1.44. The summed E-state index contributed by atoms with van der Waals surface area (Å²) in [6.07, 6.45) is 1.44. The Balaban J connectivity index is 2.07. The largest absolute Gasteiger partial charge is 0.480 e. The molecule has 0 aliphatic heterocycles. The Morgan fingerprint density at radius 2 is 1.86 bits per heavy atom. The summed E-state index contributed by atoms with van der Waals surface area (Å²) in [5.41, 5.74) is 4.87. The second kappa shape index (κ2) is 12.4. The summed E-state index contributed by atoms with van der Waals surface area (Å²) in [6, 6.07) is 8.29. The summed E-state index contributed by atoms with van der Waals surface area (Å²) < 4.78 is 5.30. The minimum Gasteiger partial charge on any atom is -0.480 e. The maximum Gasteiger partial charge on any atom is 0.451 e. The highest BCUT2D eigenvalue weighted by molar-refractivity contribution is 6.40. The molecular formula is C24H38BN3O7. The first kappa shape index (κ1) is 28.6. The van der Waals surface area contributed by atoms with Gasteiger partial charge in [-0.05, 0) is 57.8 Å². The molecule has 0 heterocycles. The smallest absolute Gasteiger partial charge is 0.451 e. The third-order valence-electron chi connectivity index (χ3n) is 6.32. The van der Waals surface area contributed by atoms with Gasteiger partial charge in [0, 0.05) is 18.9 Å². The number of carbonyl (C=O) groups excluding carboxylic acids is 2. The van der Waals surface area contributed by atoms with Gasteiger partial charge in [0.05, 0.1) is 0 Å². The molecule has 0 saturated heterocycles. The number of hydrogen-bond donors (Lipinski definition) is 6. The molecule has 0 unspecified atom stereocenters. The van der Waals surface area contributed by atoms with Crippen molar-refractivity contribution in [3.05, 3.63) is 35.9 Å². The quantitative estimate of drug-likeness (QED) is 0.266. The molecule has 1 aliphatic carbocycles. The van der Waals surface area contributed by atoms with Crippen molar-refractivity contribution in [3.63, 3.8) is 0 Å². The standard InChI is InChI=1S/C24H38BN3O7/c1-23(2,3)35-22(32)28-19(13-16-7-5-4-6-8-16)20(29)27-15-18-10-9-17(11-12-25(33)34)14-24(18,26)21(30)31/h4-8,17-19,33-34H,9-15,26H2,1-3H3,(H,27,29)(H,28,32)(H,30,31)/t17-,18-,19-,24+/m0/s1. The van der Waals surface area contributed by atoms with Gasteiger partial charge in [0.25, 0.3) is 0 Å². The van der Waals surface area contributed by atoms with Crippen molar-refractivity contribution in [3.8, 4) is 0 Å². The number of nitrogens with one attached hydrogen (secondary N) is 2. The molecule has 4 atom stereocenters. The van der Waals surface area contributed by atoms with Crippen molar-refractivity contribution < 1.29 is 34.3 Å². The van der Waals surface area contributed by atoms with Crippen LogP contribution in [-0.4, -0.2) is 64.0 Å². The number of rotatable bonds is 10. The molecule has 1 aromatic rings. The summed E-state index contributed by atoms with van der Waals surface area (Å²) in [5, 5.41) is 33.5. The molecule has 10 nitrogen and oxygen atoms in total. The predicted octanol–water partition coefficient (Wildman–Crippen LogP) is 1.30. The second-order valence-electron chi connectivity index (χ2n) is 10.4. The van der Waals surface area contributed by atoms with Gasteiger partial charge in [-0.2, -0.15) is 0 Å². The van der Waals surface area contributed by atoms with Gasteiger partial charge < -0.3 is 36.3 Å². The molecule has 0 radical (unpaired) electrons. The van der Waals surface area contributed by atoms with E-state index in [-0.39, 0.29) is 31.6 Å². The average molecular weight is 491 g/mol. The zero-order valence-corrected chi connectivity index (χ0v) is 20.7. The van der Waals surface area contributed by atoms with Crippen LogP contribution in [0.1, 0.15) is 52.0 Å². The molecular weight excluding hydrogens is 453 g/mol. The van der Waals surface area contributed by atoms with Crippen LogP contribution in [0.5, 0.6) is 0 Å². The topological polar surface area (TPSA) is 171 Å². The van der Waals surface area contributed by atoms with E-state index in [0.717, 1.165) is 5.56 Å². The average Bonchev–Trinajstić information content (AvgIpc) is 2.75. The van der Waals surface area contributed by atoms with Gasteiger partial charge in [-0.1, -0.05) is 36.8 Å². The Labute approximate surface area is 206 Å². The first-order valence-electron chi connectivity index (χ1n) is 12.0. The van der Waals surface area contributed by atoms with Gasteiger partial charge in [0.2, 0.25) is 5.91 Å². The van der Waals surface area contributed by atoms with Crippen LogP contribution in [0, 0.1) is 11.8 Å². The van der Waals surface area contributed by atoms with Crippen LogP contribution in [0.3, 0.4) is 0 Å². The minimum absolute atomic E-state index is 0.0399. The van der Waals surface area contributed by atoms with E-state index < -0.39 is 48.2 Å². The first-order chi connectivity index (χ1) is 16.3. The Hall–Kier alpha value is -2.63. The van der Waals surface area contributed by atoms with Crippen LogP contribution in [0.15, 0.2) is 30.3 Å². The van der Waals surface area contributed by atoms with E-state index in [0.29, 0.717) is 19.3 Å². The Morgan fingerprint density at radius 3 is 2.43 bits per heavy atom. The van der Waals surface area contributed by atoms with Crippen LogP contribution in [0.25, 0.3) is 0 Å². The van der Waals surface area contributed by atoms with E-state index in [1.807, 2.05) is 30.3 Å². The zero-order valence-electron chi connectivity index (χ0n) is 20.7. The summed E-state index contributed by atoms with van der Waals surface area (Å²) in [4.78, 5) is 37.5. The Kier molecular flexibility index (Phi) is 10.1. The molecule has 35 heavy (non-hydrogen) atoms. The molecule has 0 aromatic heterocycles. The van der Waals surface area contributed by atoms with E-state index >= 15 is 0 Å². The van der Waals surface area contributed by atoms with Crippen LogP contribution in [-0.2, 0) is 20.7 Å². The van der Waals surface area contributed by atoms with E-state index in [1.165, 1.54) is 0 Å². The lowest BCUT2D eigenvalue weighted by Crippen LogP contribution is -2.60. The molecule has 1 aliphatic rings. The Bertz CT molecular complexity index is 862. The molecule has 0 spiro atoms. The van der Waals surface area contributed by atoms with Crippen LogP contribution >= 0.6 is 0 Å². The number of carbonyl (C=O) groups is 3. The number of carboxylic acids is 1. The maximum atomic E-state index is 13.1. The van der Waals surface area contributed by atoms with Crippen LogP contribution < -0.4 is 16.4 Å². The fourth-order valence-electron chi connectivity index (χ4n) is 4.47. The molecule has 194 valence electrons. The number of nitrogens with two attached hydrogens (primary N) is 1. The van der Waals surface area contributed by atoms with E-state index in [2.05, 4.69) is 10.6 Å². The predicted molar refractivity (Wildman–Crippen MR) is 131 cm³/mol. The number of benzene rings is 1. The van der Waals surface area contributed by atoms with Gasteiger partial charge in [0.1, 0.15) is 17.2 Å². The fourth-order valence-corrected chi connectivity index (χ4v) is 4.47. The number of hydrogen-bond acceptors (Lipinski definition) is 7. The lowest BCUT2D eigenvalue weighted by Gasteiger charge is -2.41. The van der Waals surface area contributed by atoms with Gasteiger partial charge in [-0.3, -0.25) is 9.59 Å². The number of amides is 2. The van der Waals surface area contributed by atoms with Gasteiger partial charge in [-0.25, -0.2) is 4.79 Å². The molecule has 1 aromatic carbocycles. The molecule has 11 heteroatoms. The van der Waals surface area contributed by atoms with Crippen molar-refractivity contribution in [1.82, 2.24) is 10.6 Å². The van der Waals surface area contributed by atoms with Gasteiger partial charge >= 0.3 is 19.2 Å². The van der Waals surface area contributed by atoms with Gasteiger partial charge in [-0.15, -0.1) is 0 Å². The highest BCUT2D eigenvalue weighted by atomic mass is 16.6. The number of alkyl carbamates (subject to hydrolysis) is 1. The summed E-state index contributed by atoms with van der Waals surface area (Å²) in [6.45, 7) is 5.22. The van der Waals surface area contributed by atoms with Crippen molar-refractivity contribution >= 4 is 25.1 Å². The normalized spacial score (nSPS) is 23.1. The van der Waals surface area contributed by atoms with Crippen LogP contribution in [0.2, 0.25) is 6.32 Å². The molecule has 7 N–H and O–H groups in total. The SMILES string of the molecule is CC(C)(C)OC(=O)N[C@@H](Cc1ccccc1)C(=O)NC[C@@H]1CC[C@@H](CCB(O)O)C[C@]1(N)C(=O)O. The fraction of sp³-hybridized carbons (Fsp3) is 0.625. The van der Waals surface area contributed by atoms with Gasteiger partial charge in [0.15, 0.2) is 0 Å². The van der Waals surface area contributed by atoms with Crippen molar-refractivity contribution in [2.24, 2.45) is 17.6 Å². The highest BCUT2D eigenvalue weighted by Gasteiger charge is 2.47. The number of ether oxygens (including phenoxy) is 1. The second-order valence-corrected chi connectivity index (χ2v) is 10.4. The number of aliphatic carboxylic acids is 1. The molecule has 1 saturated carbocycles. The summed E-state index contributed by atoms with van der Waals surface area (Å²) >= 11 is 0.